The van der Waals surface area contributed by atoms with Gasteiger partial charge in [-0.25, -0.2) is 4.79 Å². The fourth-order valence-electron chi connectivity index (χ4n) is 1.20. The standard InChI is InChI=1S/C12H9N3O2/c16-12(17)9-1-3-10(4-2-9)14-15-11-5-7-13-8-6-11/h1-8H,(H,16,17). The van der Waals surface area contributed by atoms with Crippen LogP contribution in [0.4, 0.5) is 11.4 Å². The van der Waals surface area contributed by atoms with Crippen LogP contribution in [-0.4, -0.2) is 16.1 Å². The molecule has 0 saturated heterocycles. The Morgan fingerprint density at radius 2 is 1.47 bits per heavy atom. The highest BCUT2D eigenvalue weighted by Crippen LogP contribution is 2.17. The summed E-state index contributed by atoms with van der Waals surface area (Å²) < 4.78 is 0. The Morgan fingerprint density at radius 3 is 2.00 bits per heavy atom. The van der Waals surface area contributed by atoms with Gasteiger partial charge in [0.1, 0.15) is 0 Å². The van der Waals surface area contributed by atoms with Gasteiger partial charge in [0, 0.05) is 12.4 Å². The number of azo groups is 1. The number of carboxylic acid groups (broad SMARTS) is 1. The third-order valence-corrected chi connectivity index (χ3v) is 2.06. The van der Waals surface area contributed by atoms with Crippen LogP contribution >= 0.6 is 0 Å². The van der Waals surface area contributed by atoms with Gasteiger partial charge in [0.05, 0.1) is 16.9 Å². The lowest BCUT2D eigenvalue weighted by Gasteiger charge is -1.95. The van der Waals surface area contributed by atoms with E-state index in [2.05, 4.69) is 15.2 Å². The van der Waals surface area contributed by atoms with Crippen molar-refractivity contribution >= 4 is 17.3 Å². The molecule has 17 heavy (non-hydrogen) atoms. The molecule has 0 fully saturated rings. The molecule has 2 rings (SSSR count). The van der Waals surface area contributed by atoms with Gasteiger partial charge in [-0.1, -0.05) is 0 Å². The van der Waals surface area contributed by atoms with Crippen LogP contribution in [-0.2, 0) is 0 Å². The molecule has 0 saturated carbocycles. The Kier molecular flexibility index (Phi) is 3.20. The van der Waals surface area contributed by atoms with Crippen LogP contribution in [0.3, 0.4) is 0 Å². The predicted octanol–water partition coefficient (Wildman–Crippen LogP) is 3.20. The molecule has 0 aliphatic carbocycles. The summed E-state index contributed by atoms with van der Waals surface area (Å²) in [6.45, 7) is 0. The van der Waals surface area contributed by atoms with Crippen molar-refractivity contribution in [2.24, 2.45) is 10.2 Å². The normalized spacial score (nSPS) is 10.6. The lowest BCUT2D eigenvalue weighted by molar-refractivity contribution is 0.0697. The minimum absolute atomic E-state index is 0.230. The van der Waals surface area contributed by atoms with Crippen molar-refractivity contribution in [3.05, 3.63) is 54.4 Å². The zero-order chi connectivity index (χ0) is 12.1. The summed E-state index contributed by atoms with van der Waals surface area (Å²) in [5.41, 5.74) is 1.53. The average Bonchev–Trinajstić information content (AvgIpc) is 2.38. The van der Waals surface area contributed by atoms with Crippen LogP contribution in [0, 0.1) is 0 Å². The Bertz CT molecular complexity index is 535. The Hall–Kier alpha value is -2.56. The van der Waals surface area contributed by atoms with Gasteiger partial charge in [-0.05, 0) is 36.4 Å². The van der Waals surface area contributed by atoms with Gasteiger partial charge in [-0.15, -0.1) is 0 Å². The van der Waals surface area contributed by atoms with Gasteiger partial charge in [0.25, 0.3) is 0 Å². The van der Waals surface area contributed by atoms with Crippen molar-refractivity contribution in [3.8, 4) is 0 Å². The van der Waals surface area contributed by atoms with E-state index in [1.54, 1.807) is 36.7 Å². The van der Waals surface area contributed by atoms with Crippen LogP contribution in [0.5, 0.6) is 0 Å². The number of hydrogen-bond donors (Lipinski definition) is 1. The molecular formula is C12H9N3O2. The maximum Gasteiger partial charge on any atom is 0.335 e. The molecule has 0 amide bonds. The van der Waals surface area contributed by atoms with E-state index in [0.717, 1.165) is 0 Å². The van der Waals surface area contributed by atoms with Crippen LogP contribution in [0.25, 0.3) is 0 Å². The Labute approximate surface area is 97.5 Å². The zero-order valence-corrected chi connectivity index (χ0v) is 8.82. The van der Waals surface area contributed by atoms with Gasteiger partial charge >= 0.3 is 5.97 Å². The van der Waals surface area contributed by atoms with Crippen LogP contribution in [0.2, 0.25) is 0 Å². The van der Waals surface area contributed by atoms with Crippen molar-refractivity contribution in [2.75, 3.05) is 0 Å². The van der Waals surface area contributed by atoms with E-state index in [4.69, 9.17) is 5.11 Å². The van der Waals surface area contributed by atoms with Gasteiger partial charge in [0.2, 0.25) is 0 Å². The highest BCUT2D eigenvalue weighted by Gasteiger charge is 2.00. The molecule has 1 aromatic heterocycles. The minimum Gasteiger partial charge on any atom is -0.478 e. The SMILES string of the molecule is O=C(O)c1ccc(N=Nc2ccncc2)cc1. The smallest absolute Gasteiger partial charge is 0.335 e. The third kappa shape index (κ3) is 2.94. The quantitative estimate of drug-likeness (QED) is 0.818. The van der Waals surface area contributed by atoms with Crippen LogP contribution in [0.1, 0.15) is 10.4 Å². The number of pyridine rings is 1. The molecule has 0 atom stereocenters. The monoisotopic (exact) mass is 227 g/mol. The third-order valence-electron chi connectivity index (χ3n) is 2.06. The molecule has 0 bridgehead atoms. The summed E-state index contributed by atoms with van der Waals surface area (Å²) in [6, 6.07) is 9.65. The van der Waals surface area contributed by atoms with E-state index in [1.165, 1.54) is 12.1 Å². The maximum atomic E-state index is 10.6. The summed E-state index contributed by atoms with van der Waals surface area (Å²) in [6.07, 6.45) is 3.25. The van der Waals surface area contributed by atoms with E-state index >= 15 is 0 Å². The first-order valence-electron chi connectivity index (χ1n) is 4.91. The van der Waals surface area contributed by atoms with E-state index in [9.17, 15) is 4.79 Å². The van der Waals surface area contributed by atoms with Crippen molar-refractivity contribution in [1.82, 2.24) is 4.98 Å². The molecule has 0 unspecified atom stereocenters. The second-order valence-corrected chi connectivity index (χ2v) is 3.26. The lowest BCUT2D eigenvalue weighted by atomic mass is 10.2. The van der Waals surface area contributed by atoms with E-state index in [1.807, 2.05) is 0 Å². The number of carbonyl (C=O) groups is 1. The van der Waals surface area contributed by atoms with Gasteiger partial charge in [-0.3, -0.25) is 4.98 Å². The number of rotatable bonds is 3. The van der Waals surface area contributed by atoms with Crippen molar-refractivity contribution in [1.29, 1.82) is 0 Å². The van der Waals surface area contributed by atoms with Gasteiger partial charge in [0.15, 0.2) is 0 Å². The summed E-state index contributed by atoms with van der Waals surface area (Å²) >= 11 is 0. The minimum atomic E-state index is -0.956. The number of nitrogens with zero attached hydrogens (tertiary/aromatic N) is 3. The molecule has 0 radical (unpaired) electrons. The number of carboxylic acids is 1. The van der Waals surface area contributed by atoms with Crippen molar-refractivity contribution < 1.29 is 9.90 Å². The molecule has 1 heterocycles. The molecule has 1 aromatic carbocycles. The number of aromatic carboxylic acids is 1. The molecule has 0 aliphatic heterocycles. The fourth-order valence-corrected chi connectivity index (χ4v) is 1.20. The van der Waals surface area contributed by atoms with Crippen molar-refractivity contribution in [2.45, 2.75) is 0 Å². The molecule has 1 N–H and O–H groups in total. The van der Waals surface area contributed by atoms with E-state index in [-0.39, 0.29) is 5.56 Å². The second kappa shape index (κ2) is 4.98. The van der Waals surface area contributed by atoms with Crippen molar-refractivity contribution in [3.63, 3.8) is 0 Å². The fraction of sp³-hybridized carbons (Fsp3) is 0. The molecule has 2 aromatic rings. The molecule has 0 aliphatic rings. The first-order valence-corrected chi connectivity index (χ1v) is 4.91. The molecule has 84 valence electrons. The van der Waals surface area contributed by atoms with E-state index < -0.39 is 5.97 Å². The first kappa shape index (κ1) is 10.9. The second-order valence-electron chi connectivity index (χ2n) is 3.26. The number of benzene rings is 1. The summed E-state index contributed by atoms with van der Waals surface area (Å²) in [5, 5.41) is 16.7. The van der Waals surface area contributed by atoms with Gasteiger partial charge in [-0.2, -0.15) is 10.2 Å². The highest BCUT2D eigenvalue weighted by atomic mass is 16.4. The maximum absolute atomic E-state index is 10.6. The largest absolute Gasteiger partial charge is 0.478 e. The number of hydrogen-bond acceptors (Lipinski definition) is 4. The average molecular weight is 227 g/mol. The highest BCUT2D eigenvalue weighted by molar-refractivity contribution is 5.87. The van der Waals surface area contributed by atoms with Crippen LogP contribution in [0.15, 0.2) is 59.0 Å². The summed E-state index contributed by atoms with van der Waals surface area (Å²) in [4.78, 5) is 14.5. The Balaban J connectivity index is 2.14. The topological polar surface area (TPSA) is 74.9 Å². The molecular weight excluding hydrogens is 218 g/mol. The lowest BCUT2D eigenvalue weighted by Crippen LogP contribution is -1.93. The van der Waals surface area contributed by atoms with E-state index in [0.29, 0.717) is 11.4 Å². The molecule has 0 spiro atoms. The zero-order valence-electron chi connectivity index (χ0n) is 8.82. The molecule has 5 heteroatoms. The van der Waals surface area contributed by atoms with Crippen LogP contribution < -0.4 is 0 Å². The molecule has 5 nitrogen and oxygen atoms in total. The van der Waals surface area contributed by atoms with Gasteiger partial charge < -0.3 is 5.11 Å². The number of aromatic nitrogens is 1. The Morgan fingerprint density at radius 1 is 0.941 bits per heavy atom. The summed E-state index contributed by atoms with van der Waals surface area (Å²) in [5.74, 6) is -0.956. The first-order chi connectivity index (χ1) is 8.25. The predicted molar refractivity (Wildman–Crippen MR) is 61.8 cm³/mol. The summed E-state index contributed by atoms with van der Waals surface area (Å²) in [7, 11) is 0.